The van der Waals surface area contributed by atoms with Gasteiger partial charge >= 0.3 is 0 Å². The molecule has 0 bridgehead atoms. The highest BCUT2D eigenvalue weighted by Crippen LogP contribution is 2.26. The van der Waals surface area contributed by atoms with Gasteiger partial charge in [0.1, 0.15) is 0 Å². The summed E-state index contributed by atoms with van der Waals surface area (Å²) in [6.07, 6.45) is 3.01. The Labute approximate surface area is 114 Å². The zero-order valence-electron chi connectivity index (χ0n) is 11.9. The largest absolute Gasteiger partial charge is 0.366 e. The minimum atomic E-state index is 0.158. The van der Waals surface area contributed by atoms with Crippen LogP contribution in [0.4, 0.5) is 5.69 Å². The first-order chi connectivity index (χ1) is 9.17. The van der Waals surface area contributed by atoms with Gasteiger partial charge in [0.15, 0.2) is 0 Å². The van der Waals surface area contributed by atoms with Crippen molar-refractivity contribution in [2.45, 2.75) is 19.4 Å². The molecular formula is C15H22N4. The monoisotopic (exact) mass is 258 g/mol. The number of benzene rings is 1. The average Bonchev–Trinajstić information content (AvgIpc) is 2.81. The Hall–Kier alpha value is -1.81. The zero-order chi connectivity index (χ0) is 13.8. The minimum Gasteiger partial charge on any atom is -0.366 e. The maximum Gasteiger partial charge on any atom is 0.0695 e. The molecular weight excluding hydrogens is 236 g/mol. The van der Waals surface area contributed by atoms with E-state index in [1.807, 2.05) is 29.9 Å². The van der Waals surface area contributed by atoms with Crippen molar-refractivity contribution < 1.29 is 0 Å². The lowest BCUT2D eigenvalue weighted by atomic mass is 10.0. The van der Waals surface area contributed by atoms with Gasteiger partial charge in [-0.2, -0.15) is 5.10 Å². The minimum absolute atomic E-state index is 0.158. The molecule has 19 heavy (non-hydrogen) atoms. The van der Waals surface area contributed by atoms with Gasteiger partial charge in [0.05, 0.1) is 11.7 Å². The number of hydrogen-bond donors (Lipinski definition) is 1. The van der Waals surface area contributed by atoms with Gasteiger partial charge in [-0.3, -0.25) is 4.68 Å². The van der Waals surface area contributed by atoms with E-state index in [-0.39, 0.29) is 6.04 Å². The Bertz CT molecular complexity index is 518. The lowest BCUT2D eigenvalue weighted by Crippen LogP contribution is -2.30. The summed E-state index contributed by atoms with van der Waals surface area (Å²) in [5.41, 5.74) is 9.51. The summed E-state index contributed by atoms with van der Waals surface area (Å²) >= 11 is 0. The SMILES string of the molecule is CCc1nn(C)cc1C(CN)N(C)c1ccccc1. The molecule has 0 spiro atoms. The number of para-hydroxylation sites is 1. The van der Waals surface area contributed by atoms with Crippen LogP contribution < -0.4 is 10.6 Å². The molecule has 0 saturated heterocycles. The second-order valence-electron chi connectivity index (χ2n) is 4.76. The van der Waals surface area contributed by atoms with Crippen LogP contribution in [0.3, 0.4) is 0 Å². The van der Waals surface area contributed by atoms with Crippen LogP contribution in [-0.2, 0) is 13.5 Å². The molecule has 0 saturated carbocycles. The van der Waals surface area contributed by atoms with Crippen LogP contribution in [0.25, 0.3) is 0 Å². The predicted molar refractivity (Wildman–Crippen MR) is 79.2 cm³/mol. The molecule has 4 nitrogen and oxygen atoms in total. The molecule has 102 valence electrons. The first kappa shape index (κ1) is 13.6. The Kier molecular flexibility index (Phi) is 4.22. The van der Waals surface area contributed by atoms with E-state index in [4.69, 9.17) is 5.73 Å². The van der Waals surface area contributed by atoms with Crippen molar-refractivity contribution >= 4 is 5.69 Å². The Morgan fingerprint density at radius 3 is 2.58 bits per heavy atom. The molecule has 1 unspecified atom stereocenters. The summed E-state index contributed by atoms with van der Waals surface area (Å²) in [6.45, 7) is 2.70. The fourth-order valence-corrected chi connectivity index (χ4v) is 2.44. The fraction of sp³-hybridized carbons (Fsp3) is 0.400. The van der Waals surface area contributed by atoms with E-state index in [9.17, 15) is 0 Å². The topological polar surface area (TPSA) is 47.1 Å². The smallest absolute Gasteiger partial charge is 0.0695 e. The molecule has 0 amide bonds. The highest BCUT2D eigenvalue weighted by molar-refractivity contribution is 5.48. The van der Waals surface area contributed by atoms with Crippen LogP contribution in [0.15, 0.2) is 36.5 Å². The second kappa shape index (κ2) is 5.89. The van der Waals surface area contributed by atoms with E-state index in [1.165, 1.54) is 11.3 Å². The normalized spacial score (nSPS) is 12.4. The molecule has 0 radical (unpaired) electrons. The van der Waals surface area contributed by atoms with E-state index in [1.54, 1.807) is 0 Å². The Morgan fingerprint density at radius 1 is 1.32 bits per heavy atom. The van der Waals surface area contributed by atoms with Crippen LogP contribution in [-0.4, -0.2) is 23.4 Å². The van der Waals surface area contributed by atoms with Gasteiger partial charge in [0, 0.05) is 38.1 Å². The zero-order valence-corrected chi connectivity index (χ0v) is 11.9. The second-order valence-corrected chi connectivity index (χ2v) is 4.76. The van der Waals surface area contributed by atoms with Crippen molar-refractivity contribution in [3.05, 3.63) is 47.8 Å². The third kappa shape index (κ3) is 2.79. The molecule has 2 N–H and O–H groups in total. The van der Waals surface area contributed by atoms with Crippen molar-refractivity contribution in [2.24, 2.45) is 12.8 Å². The van der Waals surface area contributed by atoms with Gasteiger partial charge in [-0.1, -0.05) is 25.1 Å². The van der Waals surface area contributed by atoms with Crippen molar-refractivity contribution in [2.75, 3.05) is 18.5 Å². The molecule has 4 heteroatoms. The third-order valence-electron chi connectivity index (χ3n) is 3.49. The summed E-state index contributed by atoms with van der Waals surface area (Å²) < 4.78 is 1.87. The summed E-state index contributed by atoms with van der Waals surface area (Å²) in [6, 6.07) is 10.5. The number of aromatic nitrogens is 2. The van der Waals surface area contributed by atoms with Crippen molar-refractivity contribution in [1.82, 2.24) is 9.78 Å². The highest BCUT2D eigenvalue weighted by atomic mass is 15.3. The number of anilines is 1. The van der Waals surface area contributed by atoms with Crippen molar-refractivity contribution in [3.63, 3.8) is 0 Å². The summed E-state index contributed by atoms with van der Waals surface area (Å²) in [5.74, 6) is 0. The maximum absolute atomic E-state index is 6.00. The van der Waals surface area contributed by atoms with Gasteiger partial charge in [-0.15, -0.1) is 0 Å². The molecule has 0 fully saturated rings. The lowest BCUT2D eigenvalue weighted by molar-refractivity contribution is 0.673. The molecule has 2 rings (SSSR count). The van der Waals surface area contributed by atoms with Crippen LogP contribution in [0, 0.1) is 0 Å². The number of rotatable bonds is 5. The number of nitrogens with two attached hydrogens (primary N) is 1. The summed E-state index contributed by atoms with van der Waals surface area (Å²) in [7, 11) is 4.04. The average molecular weight is 258 g/mol. The first-order valence-electron chi connectivity index (χ1n) is 6.67. The quantitative estimate of drug-likeness (QED) is 0.893. The van der Waals surface area contributed by atoms with Crippen molar-refractivity contribution in [1.29, 1.82) is 0 Å². The number of likely N-dealkylation sites (N-methyl/N-ethyl adjacent to an activating group) is 1. The van der Waals surface area contributed by atoms with Gasteiger partial charge in [0.2, 0.25) is 0 Å². The van der Waals surface area contributed by atoms with E-state index in [0.717, 1.165) is 12.1 Å². The van der Waals surface area contributed by atoms with Crippen LogP contribution in [0.2, 0.25) is 0 Å². The maximum atomic E-state index is 6.00. The molecule has 0 aliphatic carbocycles. The fourth-order valence-electron chi connectivity index (χ4n) is 2.44. The van der Waals surface area contributed by atoms with E-state index in [2.05, 4.69) is 42.3 Å². The first-order valence-corrected chi connectivity index (χ1v) is 6.67. The molecule has 1 aromatic heterocycles. The van der Waals surface area contributed by atoms with Crippen LogP contribution in [0.1, 0.15) is 24.2 Å². The van der Waals surface area contributed by atoms with Gasteiger partial charge in [-0.25, -0.2) is 0 Å². The van der Waals surface area contributed by atoms with Gasteiger partial charge in [0.25, 0.3) is 0 Å². The number of aryl methyl sites for hydroxylation is 2. The van der Waals surface area contributed by atoms with Crippen LogP contribution >= 0.6 is 0 Å². The Morgan fingerprint density at radius 2 is 2.00 bits per heavy atom. The standard InChI is InChI=1S/C15H22N4/c1-4-14-13(11-18(2)17-14)15(10-16)19(3)12-8-6-5-7-9-12/h5-9,11,15H,4,10,16H2,1-3H3. The van der Waals surface area contributed by atoms with Gasteiger partial charge < -0.3 is 10.6 Å². The summed E-state index contributed by atoms with van der Waals surface area (Å²) in [5, 5.41) is 4.51. The van der Waals surface area contributed by atoms with E-state index in [0.29, 0.717) is 6.54 Å². The lowest BCUT2D eigenvalue weighted by Gasteiger charge is -2.29. The van der Waals surface area contributed by atoms with Crippen LogP contribution in [0.5, 0.6) is 0 Å². The molecule has 1 heterocycles. The Balaban J connectivity index is 2.34. The molecule has 1 atom stereocenters. The third-order valence-corrected chi connectivity index (χ3v) is 3.49. The number of nitrogens with zero attached hydrogens (tertiary/aromatic N) is 3. The molecule has 2 aromatic rings. The van der Waals surface area contributed by atoms with Gasteiger partial charge in [-0.05, 0) is 18.6 Å². The van der Waals surface area contributed by atoms with Crippen molar-refractivity contribution in [3.8, 4) is 0 Å². The highest BCUT2D eigenvalue weighted by Gasteiger charge is 2.20. The number of hydrogen-bond acceptors (Lipinski definition) is 3. The predicted octanol–water partition coefficient (Wildman–Crippen LogP) is 2.12. The summed E-state index contributed by atoms with van der Waals surface area (Å²) in [4.78, 5) is 2.22. The molecule has 0 aliphatic heterocycles. The van der Waals surface area contributed by atoms with E-state index < -0.39 is 0 Å². The van der Waals surface area contributed by atoms with E-state index >= 15 is 0 Å². The molecule has 1 aromatic carbocycles. The molecule has 0 aliphatic rings.